The Bertz CT molecular complexity index is 568. The number of pyridine rings is 1. The van der Waals surface area contributed by atoms with Crippen LogP contribution in [0, 0.1) is 5.92 Å². The Hall–Kier alpha value is -1.81. The Morgan fingerprint density at radius 1 is 1.30 bits per heavy atom. The number of hydrogen-bond donors (Lipinski definition) is 1. The van der Waals surface area contributed by atoms with Crippen LogP contribution in [-0.4, -0.2) is 28.5 Å². The van der Waals surface area contributed by atoms with Crippen molar-refractivity contribution in [3.63, 3.8) is 0 Å². The van der Waals surface area contributed by atoms with Crippen LogP contribution < -0.4 is 5.32 Å². The van der Waals surface area contributed by atoms with Gasteiger partial charge in [0.05, 0.1) is 6.42 Å². The van der Waals surface area contributed by atoms with Gasteiger partial charge in [-0.2, -0.15) is 0 Å². The Morgan fingerprint density at radius 2 is 2.25 bits per heavy atom. The fraction of sp³-hybridized carbons (Fsp3) is 0.438. The largest absolute Gasteiger partial charge is 0.319 e. The van der Waals surface area contributed by atoms with Crippen LogP contribution in [0.4, 0.5) is 0 Å². The minimum atomic E-state index is 0.716. The Kier molecular flexibility index (Phi) is 4.02. The lowest BCUT2D eigenvalue weighted by Gasteiger charge is -2.23. The fourth-order valence-corrected chi connectivity index (χ4v) is 2.84. The minimum Gasteiger partial charge on any atom is -0.319 e. The molecular formula is C16H20N4. The average molecular weight is 268 g/mol. The second kappa shape index (κ2) is 6.09. The second-order valence-corrected chi connectivity index (χ2v) is 5.42. The first-order valence-corrected chi connectivity index (χ1v) is 7.23. The summed E-state index contributed by atoms with van der Waals surface area (Å²) in [6.07, 6.45) is 7.93. The highest BCUT2D eigenvalue weighted by Crippen LogP contribution is 2.23. The molecule has 0 saturated heterocycles. The maximum absolute atomic E-state index is 4.73. The van der Waals surface area contributed by atoms with Crippen molar-refractivity contribution in [3.05, 3.63) is 53.4 Å². The lowest BCUT2D eigenvalue weighted by molar-refractivity contribution is 0.433. The molecule has 104 valence electrons. The Balaban J connectivity index is 1.74. The fourth-order valence-electron chi connectivity index (χ4n) is 2.84. The molecule has 0 spiro atoms. The molecule has 1 aliphatic rings. The summed E-state index contributed by atoms with van der Waals surface area (Å²) in [6.45, 7) is 1.08. The predicted octanol–water partition coefficient (Wildman–Crippen LogP) is 1.79. The van der Waals surface area contributed by atoms with E-state index in [0.29, 0.717) is 6.42 Å². The molecule has 1 N–H and O–H groups in total. The van der Waals surface area contributed by atoms with Crippen molar-refractivity contribution in [2.75, 3.05) is 13.6 Å². The molecular weight excluding hydrogens is 248 g/mol. The second-order valence-electron chi connectivity index (χ2n) is 5.42. The molecule has 0 aromatic carbocycles. The van der Waals surface area contributed by atoms with Gasteiger partial charge in [0.15, 0.2) is 0 Å². The van der Waals surface area contributed by atoms with E-state index in [1.165, 1.54) is 17.7 Å². The minimum absolute atomic E-state index is 0.716. The first-order chi connectivity index (χ1) is 9.85. The number of aryl methyl sites for hydroxylation is 1. The summed E-state index contributed by atoms with van der Waals surface area (Å²) < 4.78 is 0. The van der Waals surface area contributed by atoms with E-state index < -0.39 is 0 Å². The van der Waals surface area contributed by atoms with Gasteiger partial charge in [-0.15, -0.1) is 0 Å². The van der Waals surface area contributed by atoms with Crippen molar-refractivity contribution in [1.29, 1.82) is 0 Å². The third kappa shape index (κ3) is 3.02. The molecule has 1 atom stereocenters. The van der Waals surface area contributed by atoms with Crippen molar-refractivity contribution in [1.82, 2.24) is 20.3 Å². The predicted molar refractivity (Wildman–Crippen MR) is 78.5 cm³/mol. The average Bonchev–Trinajstić information content (AvgIpc) is 2.49. The maximum Gasteiger partial charge on any atom is 0.134 e. The van der Waals surface area contributed by atoms with Crippen LogP contribution in [0.25, 0.3) is 0 Å². The standard InChI is InChI=1S/C16H20N4/c1-17-10-12-5-6-15-13(8-12)11-19-16(20-15)9-14-4-2-3-7-18-14/h2-4,7,11-12,17H,5-6,8-10H2,1H3. The van der Waals surface area contributed by atoms with E-state index in [0.717, 1.165) is 36.8 Å². The van der Waals surface area contributed by atoms with Gasteiger partial charge in [0.2, 0.25) is 0 Å². The topological polar surface area (TPSA) is 50.7 Å². The Labute approximate surface area is 119 Å². The van der Waals surface area contributed by atoms with Gasteiger partial charge in [-0.1, -0.05) is 6.07 Å². The van der Waals surface area contributed by atoms with Gasteiger partial charge in [0, 0.05) is 23.8 Å². The zero-order chi connectivity index (χ0) is 13.8. The van der Waals surface area contributed by atoms with Crippen molar-refractivity contribution in [3.8, 4) is 0 Å². The van der Waals surface area contributed by atoms with Crippen molar-refractivity contribution in [2.24, 2.45) is 5.92 Å². The monoisotopic (exact) mass is 268 g/mol. The maximum atomic E-state index is 4.73. The molecule has 2 aromatic rings. The van der Waals surface area contributed by atoms with E-state index in [4.69, 9.17) is 4.98 Å². The van der Waals surface area contributed by atoms with E-state index in [-0.39, 0.29) is 0 Å². The Morgan fingerprint density at radius 3 is 3.05 bits per heavy atom. The molecule has 4 heteroatoms. The molecule has 0 saturated carbocycles. The van der Waals surface area contributed by atoms with Crippen LogP contribution in [0.2, 0.25) is 0 Å². The molecule has 1 aliphatic carbocycles. The van der Waals surface area contributed by atoms with Crippen LogP contribution in [0.15, 0.2) is 30.6 Å². The van der Waals surface area contributed by atoms with Crippen LogP contribution in [0.3, 0.4) is 0 Å². The zero-order valence-electron chi connectivity index (χ0n) is 11.8. The van der Waals surface area contributed by atoms with Crippen molar-refractivity contribution >= 4 is 0 Å². The highest BCUT2D eigenvalue weighted by Gasteiger charge is 2.19. The van der Waals surface area contributed by atoms with Gasteiger partial charge in [-0.05, 0) is 56.5 Å². The number of nitrogens with zero attached hydrogens (tertiary/aromatic N) is 3. The highest BCUT2D eigenvalue weighted by molar-refractivity contribution is 5.22. The molecule has 0 aliphatic heterocycles. The summed E-state index contributed by atoms with van der Waals surface area (Å²) in [5.41, 5.74) is 3.58. The van der Waals surface area contributed by atoms with Crippen molar-refractivity contribution in [2.45, 2.75) is 25.7 Å². The number of fused-ring (bicyclic) bond motifs is 1. The van der Waals surface area contributed by atoms with Gasteiger partial charge < -0.3 is 5.32 Å². The molecule has 0 bridgehead atoms. The van der Waals surface area contributed by atoms with E-state index in [2.05, 4.69) is 15.3 Å². The van der Waals surface area contributed by atoms with Gasteiger partial charge >= 0.3 is 0 Å². The van der Waals surface area contributed by atoms with Gasteiger partial charge in [0.1, 0.15) is 5.82 Å². The van der Waals surface area contributed by atoms with E-state index in [9.17, 15) is 0 Å². The third-order valence-corrected chi connectivity index (χ3v) is 3.86. The van der Waals surface area contributed by atoms with Gasteiger partial charge in [-0.3, -0.25) is 4.98 Å². The molecule has 0 amide bonds. The van der Waals surface area contributed by atoms with Gasteiger partial charge in [-0.25, -0.2) is 9.97 Å². The van der Waals surface area contributed by atoms with E-state index >= 15 is 0 Å². The van der Waals surface area contributed by atoms with Crippen LogP contribution in [-0.2, 0) is 19.3 Å². The van der Waals surface area contributed by atoms with Crippen LogP contribution in [0.5, 0.6) is 0 Å². The van der Waals surface area contributed by atoms with Crippen LogP contribution >= 0.6 is 0 Å². The summed E-state index contributed by atoms with van der Waals surface area (Å²) in [7, 11) is 2.02. The van der Waals surface area contributed by atoms with Crippen LogP contribution in [0.1, 0.15) is 29.2 Å². The number of nitrogens with one attached hydrogen (secondary N) is 1. The molecule has 2 aromatic heterocycles. The zero-order valence-corrected chi connectivity index (χ0v) is 11.8. The summed E-state index contributed by atoms with van der Waals surface area (Å²) >= 11 is 0. The molecule has 0 fully saturated rings. The van der Waals surface area contributed by atoms with E-state index in [1.807, 2.05) is 37.6 Å². The smallest absolute Gasteiger partial charge is 0.134 e. The molecule has 20 heavy (non-hydrogen) atoms. The molecule has 2 heterocycles. The molecule has 0 radical (unpaired) electrons. The number of aromatic nitrogens is 3. The van der Waals surface area contributed by atoms with Gasteiger partial charge in [0.25, 0.3) is 0 Å². The quantitative estimate of drug-likeness (QED) is 0.918. The van der Waals surface area contributed by atoms with E-state index in [1.54, 1.807) is 0 Å². The lowest BCUT2D eigenvalue weighted by Crippen LogP contribution is -2.25. The number of rotatable bonds is 4. The highest BCUT2D eigenvalue weighted by atomic mass is 14.9. The third-order valence-electron chi connectivity index (χ3n) is 3.86. The number of hydrogen-bond acceptors (Lipinski definition) is 4. The first-order valence-electron chi connectivity index (χ1n) is 7.23. The summed E-state index contributed by atoms with van der Waals surface area (Å²) in [6, 6.07) is 5.95. The van der Waals surface area contributed by atoms with Crippen molar-refractivity contribution < 1.29 is 0 Å². The summed E-state index contributed by atoms with van der Waals surface area (Å²) in [5.74, 6) is 1.60. The molecule has 1 unspecified atom stereocenters. The lowest BCUT2D eigenvalue weighted by atomic mass is 9.87. The summed E-state index contributed by atoms with van der Waals surface area (Å²) in [4.78, 5) is 13.6. The molecule has 4 nitrogen and oxygen atoms in total. The normalized spacial score (nSPS) is 17.8. The summed E-state index contributed by atoms with van der Waals surface area (Å²) in [5, 5.41) is 3.26. The SMILES string of the molecule is CNCC1CCc2nc(Cc3ccccn3)ncc2C1. The first kappa shape index (κ1) is 13.2. The molecule has 3 rings (SSSR count).